The van der Waals surface area contributed by atoms with Gasteiger partial charge in [0.25, 0.3) is 3.90 Å². The fraction of sp³-hybridized carbons (Fsp3) is 0.571. The van der Waals surface area contributed by atoms with E-state index in [-0.39, 0.29) is 15.6 Å². The molecule has 0 N–H and O–H groups in total. The Hall–Kier alpha value is -0.270. The second-order valence-electron chi connectivity index (χ2n) is 2.83. The molecule has 0 saturated carbocycles. The Bertz CT molecular complexity index is 305. The summed E-state index contributed by atoms with van der Waals surface area (Å²) in [5, 5.41) is 0. The zero-order chi connectivity index (χ0) is 10.2. The molecule has 1 rings (SSSR count). The molecule has 0 aliphatic carbocycles. The van der Waals surface area contributed by atoms with Crippen LogP contribution < -0.4 is 0 Å². The second-order valence-corrected chi connectivity index (χ2v) is 3.75. The summed E-state index contributed by atoms with van der Waals surface area (Å²) < 4.78 is 41.8. The van der Waals surface area contributed by atoms with Gasteiger partial charge in [-0.1, -0.05) is 13.8 Å². The Labute approximate surface area is 86.7 Å². The number of aromatic nitrogens is 1. The average molecular weight is 305 g/mol. The lowest BCUT2D eigenvalue weighted by atomic mass is 10.1. The molecule has 13 heavy (non-hydrogen) atoms. The highest BCUT2D eigenvalue weighted by atomic mass is 127. The Morgan fingerprint density at radius 3 is 2.23 bits per heavy atom. The van der Waals surface area contributed by atoms with Crippen LogP contribution in [0.4, 0.5) is 13.2 Å². The number of hydrogen-bond acceptors (Lipinski definition) is 2. The molecule has 0 aliphatic rings. The molecule has 0 radical (unpaired) electrons. The normalized spacial score (nSPS) is 12.5. The molecular formula is C7H7F3INO. The van der Waals surface area contributed by atoms with Crippen LogP contribution in [0, 0.1) is 3.90 Å². The van der Waals surface area contributed by atoms with Crippen molar-refractivity contribution in [3.05, 3.63) is 15.4 Å². The lowest BCUT2D eigenvalue weighted by Crippen LogP contribution is -2.09. The van der Waals surface area contributed by atoms with E-state index in [4.69, 9.17) is 4.42 Å². The molecule has 0 unspecified atom stereocenters. The van der Waals surface area contributed by atoms with Gasteiger partial charge in [-0.3, -0.25) is 0 Å². The second kappa shape index (κ2) is 3.47. The molecule has 0 atom stereocenters. The van der Waals surface area contributed by atoms with E-state index in [0.717, 1.165) is 0 Å². The number of halogens is 4. The molecule has 0 bridgehead atoms. The van der Waals surface area contributed by atoms with Gasteiger partial charge in [-0.15, -0.1) is 0 Å². The van der Waals surface area contributed by atoms with Crippen molar-refractivity contribution >= 4 is 22.6 Å². The van der Waals surface area contributed by atoms with Gasteiger partial charge in [-0.25, -0.2) is 0 Å². The Kier molecular flexibility index (Phi) is 2.88. The molecule has 0 spiro atoms. The van der Waals surface area contributed by atoms with E-state index in [1.807, 2.05) is 0 Å². The summed E-state index contributed by atoms with van der Waals surface area (Å²) in [5.74, 6) is -0.412. The lowest BCUT2D eigenvalue weighted by molar-refractivity contribution is -0.142. The Morgan fingerprint density at radius 1 is 1.38 bits per heavy atom. The van der Waals surface area contributed by atoms with Gasteiger partial charge in [0.2, 0.25) is 0 Å². The smallest absolute Gasteiger partial charge is 0.436 e. The van der Waals surface area contributed by atoms with E-state index in [2.05, 4.69) is 4.98 Å². The van der Waals surface area contributed by atoms with Crippen molar-refractivity contribution in [1.29, 1.82) is 0 Å². The van der Waals surface area contributed by atoms with E-state index in [1.54, 1.807) is 36.4 Å². The minimum Gasteiger partial charge on any atom is -0.436 e. The predicted molar refractivity (Wildman–Crippen MR) is 48.3 cm³/mol. The van der Waals surface area contributed by atoms with Crippen LogP contribution in [0.1, 0.15) is 31.2 Å². The number of hydrogen-bond donors (Lipinski definition) is 0. The van der Waals surface area contributed by atoms with Crippen LogP contribution >= 0.6 is 22.6 Å². The first-order valence-electron chi connectivity index (χ1n) is 3.55. The summed E-state index contributed by atoms with van der Waals surface area (Å²) in [7, 11) is 0. The van der Waals surface area contributed by atoms with Crippen LogP contribution in [0.25, 0.3) is 0 Å². The van der Waals surface area contributed by atoms with Crippen LogP contribution in [-0.2, 0) is 6.18 Å². The van der Waals surface area contributed by atoms with Crippen LogP contribution in [0.5, 0.6) is 0 Å². The van der Waals surface area contributed by atoms with Gasteiger partial charge in [0, 0.05) is 28.5 Å². The maximum Gasteiger partial charge on any atom is 0.436 e. The van der Waals surface area contributed by atoms with Crippen LogP contribution in [0.15, 0.2) is 4.42 Å². The van der Waals surface area contributed by atoms with E-state index in [0.29, 0.717) is 0 Å². The molecule has 0 aromatic carbocycles. The molecule has 0 amide bonds. The van der Waals surface area contributed by atoms with Crippen LogP contribution in [0.3, 0.4) is 0 Å². The van der Waals surface area contributed by atoms with Gasteiger partial charge >= 0.3 is 6.18 Å². The van der Waals surface area contributed by atoms with Crippen LogP contribution in [-0.4, -0.2) is 4.98 Å². The van der Waals surface area contributed by atoms with Crippen molar-refractivity contribution in [3.63, 3.8) is 0 Å². The van der Waals surface area contributed by atoms with Gasteiger partial charge < -0.3 is 4.42 Å². The molecule has 0 aliphatic heterocycles. The fourth-order valence-corrected chi connectivity index (χ4v) is 1.38. The third-order valence-corrected chi connectivity index (χ3v) is 1.88. The average Bonchev–Trinajstić information content (AvgIpc) is 2.29. The summed E-state index contributed by atoms with van der Waals surface area (Å²) in [6.07, 6.45) is -4.42. The van der Waals surface area contributed by atoms with Crippen molar-refractivity contribution in [1.82, 2.24) is 4.98 Å². The molecule has 2 nitrogen and oxygen atoms in total. The third-order valence-electron chi connectivity index (χ3n) is 1.42. The largest absolute Gasteiger partial charge is 0.436 e. The molecule has 1 aromatic rings. The highest BCUT2D eigenvalue weighted by molar-refractivity contribution is 14.1. The number of rotatable bonds is 1. The van der Waals surface area contributed by atoms with Crippen molar-refractivity contribution < 1.29 is 17.6 Å². The van der Waals surface area contributed by atoms with Gasteiger partial charge in [-0.2, -0.15) is 18.2 Å². The Balaban J connectivity index is 3.20. The monoisotopic (exact) mass is 305 g/mol. The third kappa shape index (κ3) is 2.35. The van der Waals surface area contributed by atoms with E-state index in [1.165, 1.54) is 0 Å². The quantitative estimate of drug-likeness (QED) is 0.743. The minimum atomic E-state index is -4.42. The van der Waals surface area contributed by atoms with Gasteiger partial charge in [-0.05, 0) is 0 Å². The van der Waals surface area contributed by atoms with E-state index >= 15 is 0 Å². The molecule has 6 heteroatoms. The lowest BCUT2D eigenvalue weighted by Gasteiger charge is -2.06. The molecule has 1 aromatic heterocycles. The fourth-order valence-electron chi connectivity index (χ4n) is 0.899. The minimum absolute atomic E-state index is 0.0219. The van der Waals surface area contributed by atoms with Crippen molar-refractivity contribution in [2.24, 2.45) is 0 Å². The summed E-state index contributed by atoms with van der Waals surface area (Å²) >= 11 is 1.62. The van der Waals surface area contributed by atoms with Gasteiger partial charge in [0.05, 0.1) is 0 Å². The summed E-state index contributed by atoms with van der Waals surface area (Å²) in [6, 6.07) is 0. The summed E-state index contributed by atoms with van der Waals surface area (Å²) in [5.41, 5.74) is -0.910. The van der Waals surface area contributed by atoms with E-state index in [9.17, 15) is 13.2 Å². The first-order chi connectivity index (χ1) is 5.82. The van der Waals surface area contributed by atoms with Gasteiger partial charge in [0.15, 0.2) is 5.69 Å². The zero-order valence-corrected chi connectivity index (χ0v) is 9.10. The topological polar surface area (TPSA) is 26.0 Å². The van der Waals surface area contributed by atoms with Crippen molar-refractivity contribution in [2.75, 3.05) is 0 Å². The predicted octanol–water partition coefficient (Wildman–Crippen LogP) is 3.42. The van der Waals surface area contributed by atoms with Gasteiger partial charge in [0.1, 0.15) is 5.76 Å². The van der Waals surface area contributed by atoms with Crippen molar-refractivity contribution in [2.45, 2.75) is 25.9 Å². The molecule has 0 fully saturated rings. The maximum atomic E-state index is 12.3. The van der Waals surface area contributed by atoms with Crippen molar-refractivity contribution in [3.8, 4) is 0 Å². The number of alkyl halides is 3. The number of nitrogens with zero attached hydrogens (tertiary/aromatic N) is 1. The standard InChI is InChI=1S/C7H7F3INO/c1-3(2)4-5(7(8,9)10)12-6(11)13-4/h3H,1-2H3. The Morgan fingerprint density at radius 2 is 1.92 bits per heavy atom. The number of oxazole rings is 1. The zero-order valence-electron chi connectivity index (χ0n) is 6.94. The molecular weight excluding hydrogens is 298 g/mol. The first kappa shape index (κ1) is 10.8. The highest BCUT2D eigenvalue weighted by Crippen LogP contribution is 2.35. The molecule has 0 saturated heterocycles. The molecule has 74 valence electrons. The first-order valence-corrected chi connectivity index (χ1v) is 4.63. The summed E-state index contributed by atoms with van der Waals surface area (Å²) in [6.45, 7) is 3.26. The van der Waals surface area contributed by atoms with Crippen LogP contribution in [0.2, 0.25) is 0 Å². The maximum absolute atomic E-state index is 12.3. The summed E-state index contributed by atoms with van der Waals surface area (Å²) in [4.78, 5) is 3.30. The molecule has 1 heterocycles. The SMILES string of the molecule is CC(C)c1oc(I)nc1C(F)(F)F. The highest BCUT2D eigenvalue weighted by Gasteiger charge is 2.39. The van der Waals surface area contributed by atoms with E-state index < -0.39 is 11.9 Å².